The number of aromatic nitrogens is 3. The van der Waals surface area contributed by atoms with Crippen LogP contribution >= 0.6 is 0 Å². The fraction of sp³-hybridized carbons (Fsp3) is 0.786. The molecule has 134 valence electrons. The molecule has 0 aromatic carbocycles. The van der Waals surface area contributed by atoms with E-state index in [1.165, 1.54) is 0 Å². The lowest BCUT2D eigenvalue weighted by Crippen LogP contribution is -2.34. The van der Waals surface area contributed by atoms with Crippen molar-refractivity contribution >= 4 is 11.9 Å². The van der Waals surface area contributed by atoms with Gasteiger partial charge < -0.3 is 30.2 Å². The van der Waals surface area contributed by atoms with E-state index in [4.69, 9.17) is 20.4 Å². The van der Waals surface area contributed by atoms with Gasteiger partial charge in [0.15, 0.2) is 0 Å². The van der Waals surface area contributed by atoms with E-state index in [-0.39, 0.29) is 26.4 Å². The lowest BCUT2D eigenvalue weighted by Gasteiger charge is -2.24. The molecule has 0 bridgehead atoms. The van der Waals surface area contributed by atoms with Crippen LogP contribution in [0.5, 0.6) is 0 Å². The molecule has 1 aromatic heterocycles. The molecule has 0 aliphatic rings. The molecule has 0 atom stereocenters. The topological polar surface area (TPSA) is 126 Å². The van der Waals surface area contributed by atoms with Gasteiger partial charge in [0.05, 0.1) is 26.4 Å². The second-order valence-corrected chi connectivity index (χ2v) is 4.35. The van der Waals surface area contributed by atoms with Gasteiger partial charge in [-0.25, -0.2) is 0 Å². The van der Waals surface area contributed by atoms with Crippen molar-refractivity contribution in [1.82, 2.24) is 15.0 Å². The molecule has 9 heteroatoms. The largest absolute Gasteiger partial charge is 0.395 e. The standard InChI is InChI=1S/C12H23N5O4.C2H6/c1-10-13-11(16(2-6-18)3-7-19)15-12(14-10)17(4-8-20)5-9-21;1-2/h18-21H,2-9H2,1H3;1-2H3. The van der Waals surface area contributed by atoms with Crippen LogP contribution in [0.2, 0.25) is 0 Å². The molecule has 0 aliphatic heterocycles. The molecule has 0 spiro atoms. The lowest BCUT2D eigenvalue weighted by molar-refractivity contribution is 0.279. The number of aliphatic hydroxyl groups is 4. The smallest absolute Gasteiger partial charge is 0.230 e. The van der Waals surface area contributed by atoms with Crippen LogP contribution in [0.25, 0.3) is 0 Å². The number of hydrogen-bond donors (Lipinski definition) is 4. The van der Waals surface area contributed by atoms with Crippen LogP contribution in [0.1, 0.15) is 19.7 Å². The summed E-state index contributed by atoms with van der Waals surface area (Å²) >= 11 is 0. The van der Waals surface area contributed by atoms with E-state index < -0.39 is 0 Å². The van der Waals surface area contributed by atoms with Crippen molar-refractivity contribution in [3.63, 3.8) is 0 Å². The van der Waals surface area contributed by atoms with Gasteiger partial charge in [0.2, 0.25) is 11.9 Å². The van der Waals surface area contributed by atoms with Crippen molar-refractivity contribution in [2.75, 3.05) is 62.4 Å². The van der Waals surface area contributed by atoms with Crippen LogP contribution < -0.4 is 9.80 Å². The third-order valence-electron chi connectivity index (χ3n) is 2.77. The van der Waals surface area contributed by atoms with E-state index in [1.54, 1.807) is 16.7 Å². The summed E-state index contributed by atoms with van der Waals surface area (Å²) in [6.07, 6.45) is 0. The first kappa shape index (κ1) is 21.4. The SMILES string of the molecule is CC.Cc1nc(N(CCO)CCO)nc(N(CCO)CCO)n1. The Hall–Kier alpha value is -1.55. The highest BCUT2D eigenvalue weighted by Crippen LogP contribution is 2.13. The van der Waals surface area contributed by atoms with Crippen molar-refractivity contribution in [2.24, 2.45) is 0 Å². The number of aliphatic hydroxyl groups excluding tert-OH is 4. The Morgan fingerprint density at radius 1 is 0.652 bits per heavy atom. The average molecular weight is 331 g/mol. The Bertz CT molecular complexity index is 376. The van der Waals surface area contributed by atoms with Gasteiger partial charge in [-0.15, -0.1) is 0 Å². The maximum Gasteiger partial charge on any atom is 0.230 e. The Morgan fingerprint density at radius 2 is 0.957 bits per heavy atom. The molecule has 1 aromatic rings. The summed E-state index contributed by atoms with van der Waals surface area (Å²) in [4.78, 5) is 16.0. The summed E-state index contributed by atoms with van der Waals surface area (Å²) < 4.78 is 0. The maximum absolute atomic E-state index is 9.07. The molecule has 0 saturated carbocycles. The second-order valence-electron chi connectivity index (χ2n) is 4.35. The minimum atomic E-state index is -0.0863. The zero-order chi connectivity index (χ0) is 17.7. The van der Waals surface area contributed by atoms with Gasteiger partial charge in [-0.2, -0.15) is 15.0 Å². The summed E-state index contributed by atoms with van der Waals surface area (Å²) in [5, 5.41) is 36.3. The molecule has 0 radical (unpaired) electrons. The molecule has 23 heavy (non-hydrogen) atoms. The van der Waals surface area contributed by atoms with Gasteiger partial charge in [-0.1, -0.05) is 13.8 Å². The minimum Gasteiger partial charge on any atom is -0.395 e. The van der Waals surface area contributed by atoms with Crippen LogP contribution in [-0.2, 0) is 0 Å². The average Bonchev–Trinajstić information content (AvgIpc) is 2.56. The summed E-state index contributed by atoms with van der Waals surface area (Å²) in [5.74, 6) is 1.18. The van der Waals surface area contributed by atoms with Crippen molar-refractivity contribution < 1.29 is 20.4 Å². The van der Waals surface area contributed by atoms with Crippen LogP contribution in [0.3, 0.4) is 0 Å². The van der Waals surface area contributed by atoms with Gasteiger partial charge in [0.1, 0.15) is 5.82 Å². The fourth-order valence-corrected chi connectivity index (χ4v) is 1.84. The molecule has 0 saturated heterocycles. The molecular formula is C14H29N5O4. The Kier molecular flexibility index (Phi) is 12.1. The van der Waals surface area contributed by atoms with Gasteiger partial charge >= 0.3 is 0 Å². The van der Waals surface area contributed by atoms with E-state index in [0.29, 0.717) is 43.9 Å². The maximum atomic E-state index is 9.07. The van der Waals surface area contributed by atoms with Crippen LogP contribution in [-0.4, -0.2) is 88.0 Å². The number of nitrogens with zero attached hydrogens (tertiary/aromatic N) is 5. The second kappa shape index (κ2) is 12.9. The lowest BCUT2D eigenvalue weighted by atomic mass is 10.5. The van der Waals surface area contributed by atoms with Crippen LogP contribution in [0, 0.1) is 6.92 Å². The van der Waals surface area contributed by atoms with E-state index in [2.05, 4.69) is 15.0 Å². The minimum absolute atomic E-state index is 0.0863. The van der Waals surface area contributed by atoms with Gasteiger partial charge in [-0.05, 0) is 6.92 Å². The zero-order valence-electron chi connectivity index (χ0n) is 14.2. The molecule has 0 aliphatic carbocycles. The first-order valence-electron chi connectivity index (χ1n) is 7.82. The first-order chi connectivity index (χ1) is 11.2. The van der Waals surface area contributed by atoms with Crippen LogP contribution in [0.15, 0.2) is 0 Å². The fourth-order valence-electron chi connectivity index (χ4n) is 1.84. The Morgan fingerprint density at radius 3 is 1.22 bits per heavy atom. The van der Waals surface area contributed by atoms with E-state index in [0.717, 1.165) is 0 Å². The summed E-state index contributed by atoms with van der Waals surface area (Å²) in [7, 11) is 0. The number of aryl methyl sites for hydroxylation is 1. The quantitative estimate of drug-likeness (QED) is 0.417. The molecular weight excluding hydrogens is 302 g/mol. The summed E-state index contributed by atoms with van der Waals surface area (Å²) in [6.45, 7) is 6.54. The Balaban J connectivity index is 0.00000232. The number of anilines is 2. The highest BCUT2D eigenvalue weighted by Gasteiger charge is 2.15. The van der Waals surface area contributed by atoms with Crippen molar-refractivity contribution in [2.45, 2.75) is 20.8 Å². The van der Waals surface area contributed by atoms with E-state index >= 15 is 0 Å². The third kappa shape index (κ3) is 7.51. The van der Waals surface area contributed by atoms with Gasteiger partial charge in [0, 0.05) is 26.2 Å². The zero-order valence-corrected chi connectivity index (χ0v) is 14.2. The first-order valence-corrected chi connectivity index (χ1v) is 7.82. The third-order valence-corrected chi connectivity index (χ3v) is 2.77. The predicted molar refractivity (Wildman–Crippen MR) is 88.7 cm³/mol. The molecule has 9 nitrogen and oxygen atoms in total. The van der Waals surface area contributed by atoms with Crippen molar-refractivity contribution in [3.05, 3.63) is 5.82 Å². The molecule has 1 heterocycles. The van der Waals surface area contributed by atoms with Gasteiger partial charge in [0.25, 0.3) is 0 Å². The number of rotatable bonds is 10. The molecule has 4 N–H and O–H groups in total. The van der Waals surface area contributed by atoms with Gasteiger partial charge in [-0.3, -0.25) is 0 Å². The van der Waals surface area contributed by atoms with E-state index in [1.807, 2.05) is 13.8 Å². The molecule has 1 rings (SSSR count). The molecule has 0 fully saturated rings. The summed E-state index contributed by atoms with van der Waals surface area (Å²) in [5.41, 5.74) is 0. The molecule has 0 amide bonds. The van der Waals surface area contributed by atoms with E-state index in [9.17, 15) is 0 Å². The van der Waals surface area contributed by atoms with Crippen LogP contribution in [0.4, 0.5) is 11.9 Å². The van der Waals surface area contributed by atoms with Crippen molar-refractivity contribution in [1.29, 1.82) is 0 Å². The van der Waals surface area contributed by atoms with Crippen molar-refractivity contribution in [3.8, 4) is 0 Å². The highest BCUT2D eigenvalue weighted by molar-refractivity contribution is 5.39. The molecule has 0 unspecified atom stereocenters. The summed E-state index contributed by atoms with van der Waals surface area (Å²) in [6, 6.07) is 0. The monoisotopic (exact) mass is 331 g/mol. The number of hydrogen-bond acceptors (Lipinski definition) is 9. The predicted octanol–water partition coefficient (Wildman–Crippen LogP) is -1.21. The Labute approximate surface area is 137 Å². The highest BCUT2D eigenvalue weighted by atomic mass is 16.3. The normalized spacial score (nSPS) is 10.0.